The van der Waals surface area contributed by atoms with Crippen molar-refractivity contribution >= 4 is 28.5 Å². The number of nitrogens with one attached hydrogen (secondary N) is 1. The second-order valence-electron chi connectivity index (χ2n) is 7.56. The largest absolute Gasteiger partial charge is 0.497 e. The van der Waals surface area contributed by atoms with Gasteiger partial charge in [0.05, 0.1) is 18.4 Å². The van der Waals surface area contributed by atoms with Crippen LogP contribution in [0.1, 0.15) is 30.0 Å². The smallest absolute Gasteiger partial charge is 0.231 e. The number of furan rings is 1. The summed E-state index contributed by atoms with van der Waals surface area (Å²) in [5.41, 5.74) is 2.41. The molecule has 1 aromatic carbocycles. The lowest BCUT2D eigenvalue weighted by Gasteiger charge is -2.33. The van der Waals surface area contributed by atoms with Crippen LogP contribution in [0.15, 0.2) is 28.7 Å². The topological polar surface area (TPSA) is 80.5 Å². The van der Waals surface area contributed by atoms with Crippen molar-refractivity contribution in [1.82, 2.24) is 9.97 Å². The van der Waals surface area contributed by atoms with Gasteiger partial charge < -0.3 is 19.4 Å². The summed E-state index contributed by atoms with van der Waals surface area (Å²) in [6, 6.07) is 7.42. The highest BCUT2D eigenvalue weighted by atomic mass is 16.5. The standard InChI is InChI=1S/C22H26N4O3/c1-13-14(2)29-22-19(13)20(23-15(3)24-22)26-10-6-7-16(12-26)21(27)25-17-8-5-9-18(11-17)28-4/h5,8-9,11,16H,6-7,10,12H2,1-4H3,(H,25,27)/t16-/m0/s1. The van der Waals surface area contributed by atoms with E-state index in [1.165, 1.54) is 0 Å². The molecule has 3 aromatic rings. The number of nitrogens with zero attached hydrogens (tertiary/aromatic N) is 3. The summed E-state index contributed by atoms with van der Waals surface area (Å²) in [7, 11) is 1.62. The number of fused-ring (bicyclic) bond motifs is 1. The molecule has 1 amide bonds. The van der Waals surface area contributed by atoms with E-state index in [2.05, 4.69) is 15.2 Å². The van der Waals surface area contributed by atoms with E-state index in [1.807, 2.05) is 45.0 Å². The molecule has 0 saturated carbocycles. The molecule has 0 unspecified atom stereocenters. The number of piperidine rings is 1. The third-order valence-corrected chi connectivity index (χ3v) is 5.55. The van der Waals surface area contributed by atoms with Crippen LogP contribution < -0.4 is 15.0 Å². The summed E-state index contributed by atoms with van der Waals surface area (Å²) >= 11 is 0. The fraction of sp³-hybridized carbons (Fsp3) is 0.409. The Hall–Kier alpha value is -3.09. The molecule has 29 heavy (non-hydrogen) atoms. The number of benzene rings is 1. The molecule has 1 atom stereocenters. The molecule has 1 aliphatic heterocycles. The van der Waals surface area contributed by atoms with Crippen LogP contribution >= 0.6 is 0 Å². The van der Waals surface area contributed by atoms with Crippen LogP contribution in [0.4, 0.5) is 11.5 Å². The predicted molar refractivity (Wildman–Crippen MR) is 113 cm³/mol. The van der Waals surface area contributed by atoms with Crippen LogP contribution in [0.5, 0.6) is 5.75 Å². The van der Waals surface area contributed by atoms with Gasteiger partial charge in [0.15, 0.2) is 0 Å². The Morgan fingerprint density at radius 3 is 2.90 bits per heavy atom. The zero-order valence-electron chi connectivity index (χ0n) is 17.3. The Bertz CT molecular complexity index is 1060. The Morgan fingerprint density at radius 1 is 1.28 bits per heavy atom. The number of ether oxygens (including phenoxy) is 1. The maximum atomic E-state index is 12.9. The number of anilines is 2. The number of rotatable bonds is 4. The van der Waals surface area contributed by atoms with Gasteiger partial charge in [-0.1, -0.05) is 6.07 Å². The zero-order chi connectivity index (χ0) is 20.5. The van der Waals surface area contributed by atoms with Gasteiger partial charge in [-0.25, -0.2) is 4.98 Å². The number of carbonyl (C=O) groups excluding carboxylic acids is 1. The summed E-state index contributed by atoms with van der Waals surface area (Å²) in [5, 5.41) is 3.97. The van der Waals surface area contributed by atoms with Gasteiger partial charge in [0.1, 0.15) is 23.2 Å². The third kappa shape index (κ3) is 3.77. The van der Waals surface area contributed by atoms with Gasteiger partial charge in [0.25, 0.3) is 0 Å². The molecule has 152 valence electrons. The minimum Gasteiger partial charge on any atom is -0.497 e. The number of aromatic nitrogens is 2. The van der Waals surface area contributed by atoms with Crippen LogP contribution in [-0.2, 0) is 4.79 Å². The van der Waals surface area contributed by atoms with Crippen LogP contribution in [0.25, 0.3) is 11.1 Å². The summed E-state index contributed by atoms with van der Waals surface area (Å²) in [5.74, 6) is 3.01. The lowest BCUT2D eigenvalue weighted by Crippen LogP contribution is -2.41. The lowest BCUT2D eigenvalue weighted by atomic mass is 9.96. The summed E-state index contributed by atoms with van der Waals surface area (Å²) < 4.78 is 11.1. The van der Waals surface area contributed by atoms with Crippen LogP contribution in [0.2, 0.25) is 0 Å². The molecular formula is C22H26N4O3. The van der Waals surface area contributed by atoms with E-state index in [0.29, 0.717) is 18.1 Å². The monoisotopic (exact) mass is 394 g/mol. The molecule has 1 aliphatic rings. The quantitative estimate of drug-likeness (QED) is 0.720. The van der Waals surface area contributed by atoms with Crippen molar-refractivity contribution in [2.75, 3.05) is 30.4 Å². The minimum absolute atomic E-state index is 0.0186. The van der Waals surface area contributed by atoms with Gasteiger partial charge in [-0.05, 0) is 45.7 Å². The molecule has 7 heteroatoms. The minimum atomic E-state index is -0.117. The second kappa shape index (κ2) is 7.73. The van der Waals surface area contributed by atoms with Crippen LogP contribution in [-0.4, -0.2) is 36.1 Å². The van der Waals surface area contributed by atoms with Gasteiger partial charge in [-0.15, -0.1) is 0 Å². The van der Waals surface area contributed by atoms with Gasteiger partial charge >= 0.3 is 0 Å². The highest BCUT2D eigenvalue weighted by Crippen LogP contribution is 2.33. The number of aryl methyl sites for hydroxylation is 3. The van der Waals surface area contributed by atoms with E-state index >= 15 is 0 Å². The first kappa shape index (κ1) is 19.2. The molecule has 2 aromatic heterocycles. The van der Waals surface area contributed by atoms with E-state index in [0.717, 1.165) is 53.4 Å². The summed E-state index contributed by atoms with van der Waals surface area (Å²) in [6.07, 6.45) is 1.78. The lowest BCUT2D eigenvalue weighted by molar-refractivity contribution is -0.120. The number of hydrogen-bond acceptors (Lipinski definition) is 6. The van der Waals surface area contributed by atoms with Crippen LogP contribution in [0, 0.1) is 26.7 Å². The fourth-order valence-electron chi connectivity index (χ4n) is 3.89. The molecule has 1 saturated heterocycles. The summed E-state index contributed by atoms with van der Waals surface area (Å²) in [6.45, 7) is 7.31. The second-order valence-corrected chi connectivity index (χ2v) is 7.56. The SMILES string of the molecule is COc1cccc(NC(=O)[C@H]2CCCN(c3nc(C)nc4oc(C)c(C)c34)C2)c1. The van der Waals surface area contributed by atoms with E-state index in [1.54, 1.807) is 7.11 Å². The van der Waals surface area contributed by atoms with E-state index in [-0.39, 0.29) is 11.8 Å². The van der Waals surface area contributed by atoms with Gasteiger partial charge in [0.2, 0.25) is 11.6 Å². The first-order valence-corrected chi connectivity index (χ1v) is 9.90. The first-order chi connectivity index (χ1) is 14.0. The molecule has 0 aliphatic carbocycles. The number of hydrogen-bond donors (Lipinski definition) is 1. The van der Waals surface area contributed by atoms with Crippen molar-refractivity contribution in [1.29, 1.82) is 0 Å². The first-order valence-electron chi connectivity index (χ1n) is 9.90. The highest BCUT2D eigenvalue weighted by Gasteiger charge is 2.29. The predicted octanol–water partition coefficient (Wildman–Crippen LogP) is 4.01. The number of amides is 1. The van der Waals surface area contributed by atoms with Gasteiger partial charge in [0, 0.05) is 30.4 Å². The Kier molecular flexibility index (Phi) is 5.13. The fourth-order valence-corrected chi connectivity index (χ4v) is 3.89. The molecule has 7 nitrogen and oxygen atoms in total. The number of carbonyl (C=O) groups is 1. The van der Waals surface area contributed by atoms with E-state index < -0.39 is 0 Å². The molecule has 3 heterocycles. The molecule has 0 radical (unpaired) electrons. The molecule has 4 rings (SSSR count). The molecule has 0 bridgehead atoms. The average molecular weight is 394 g/mol. The molecular weight excluding hydrogens is 368 g/mol. The van der Waals surface area contributed by atoms with Gasteiger partial charge in [-0.2, -0.15) is 4.98 Å². The Morgan fingerprint density at radius 2 is 2.10 bits per heavy atom. The maximum Gasteiger partial charge on any atom is 0.231 e. The van der Waals surface area contributed by atoms with Crippen molar-refractivity contribution in [3.05, 3.63) is 41.4 Å². The van der Waals surface area contributed by atoms with Crippen molar-refractivity contribution in [2.45, 2.75) is 33.6 Å². The van der Waals surface area contributed by atoms with Crippen molar-refractivity contribution in [2.24, 2.45) is 5.92 Å². The Labute approximate surface area is 170 Å². The van der Waals surface area contributed by atoms with Crippen molar-refractivity contribution < 1.29 is 13.9 Å². The molecule has 1 fully saturated rings. The van der Waals surface area contributed by atoms with Crippen molar-refractivity contribution in [3.8, 4) is 5.75 Å². The molecule has 0 spiro atoms. The van der Waals surface area contributed by atoms with Crippen LogP contribution in [0.3, 0.4) is 0 Å². The zero-order valence-corrected chi connectivity index (χ0v) is 17.3. The van der Waals surface area contributed by atoms with E-state index in [4.69, 9.17) is 14.1 Å². The summed E-state index contributed by atoms with van der Waals surface area (Å²) in [4.78, 5) is 24.3. The number of methoxy groups -OCH3 is 1. The van der Waals surface area contributed by atoms with Gasteiger partial charge in [-0.3, -0.25) is 4.79 Å². The third-order valence-electron chi connectivity index (χ3n) is 5.55. The normalized spacial score (nSPS) is 16.8. The average Bonchev–Trinajstić information content (AvgIpc) is 3.01. The Balaban J connectivity index is 1.57. The maximum absolute atomic E-state index is 12.9. The van der Waals surface area contributed by atoms with E-state index in [9.17, 15) is 4.79 Å². The molecule has 1 N–H and O–H groups in total. The van der Waals surface area contributed by atoms with Crippen molar-refractivity contribution in [3.63, 3.8) is 0 Å². The highest BCUT2D eigenvalue weighted by molar-refractivity contribution is 5.94.